The Morgan fingerprint density at radius 2 is 1.83 bits per heavy atom. The zero-order valence-electron chi connectivity index (χ0n) is 13.7. The number of benzene rings is 2. The summed E-state index contributed by atoms with van der Waals surface area (Å²) >= 11 is 0. The number of carbonyl (C=O) groups is 1. The lowest BCUT2D eigenvalue weighted by atomic mass is 9.98. The summed E-state index contributed by atoms with van der Waals surface area (Å²) in [5.41, 5.74) is 2.67. The van der Waals surface area contributed by atoms with E-state index in [1.165, 1.54) is 0 Å². The van der Waals surface area contributed by atoms with Gasteiger partial charge < -0.3 is 10.3 Å². The van der Waals surface area contributed by atoms with E-state index in [4.69, 9.17) is 0 Å². The Morgan fingerprint density at radius 3 is 2.62 bits per heavy atom. The molecule has 24 heavy (non-hydrogen) atoms. The molecule has 3 rings (SSSR count). The van der Waals surface area contributed by atoms with Crippen LogP contribution in [0.1, 0.15) is 24.8 Å². The molecule has 1 heterocycles. The summed E-state index contributed by atoms with van der Waals surface area (Å²) in [7, 11) is 0. The first-order valence-electron chi connectivity index (χ1n) is 8.14. The van der Waals surface area contributed by atoms with Crippen LogP contribution in [0.15, 0.2) is 59.4 Å². The molecule has 1 unspecified atom stereocenters. The highest BCUT2D eigenvalue weighted by atomic mass is 16.2. The number of amides is 1. The van der Waals surface area contributed by atoms with Crippen LogP contribution < -0.4 is 11.0 Å². The predicted octanol–water partition coefficient (Wildman–Crippen LogP) is 2.64. The Labute approximate surface area is 140 Å². The first-order valence-corrected chi connectivity index (χ1v) is 8.14. The average molecular weight is 323 g/mol. The minimum atomic E-state index is -0.150. The Bertz CT molecular complexity index is 880. The lowest BCUT2D eigenvalue weighted by Gasteiger charge is -2.12. The molecule has 0 bridgehead atoms. The standard InChI is InChI=1S/C19H21N3O2/c1-14(15-7-3-2-4-8-15)13-18(23)20-11-12-22-17-10-6-5-9-16(17)21-19(22)24/h2-10,14H,11-13H2,1H3,(H,20,23)(H,21,24). The zero-order chi connectivity index (χ0) is 16.9. The number of aromatic nitrogens is 2. The fourth-order valence-corrected chi connectivity index (χ4v) is 2.89. The van der Waals surface area contributed by atoms with Crippen molar-refractivity contribution in [2.24, 2.45) is 0 Å². The lowest BCUT2D eigenvalue weighted by molar-refractivity contribution is -0.121. The van der Waals surface area contributed by atoms with Gasteiger partial charge in [0.2, 0.25) is 5.91 Å². The van der Waals surface area contributed by atoms with Gasteiger partial charge in [0.1, 0.15) is 0 Å². The van der Waals surface area contributed by atoms with E-state index in [1.54, 1.807) is 4.57 Å². The number of para-hydroxylation sites is 2. The number of hydrogen-bond acceptors (Lipinski definition) is 2. The van der Waals surface area contributed by atoms with Crippen molar-refractivity contribution in [3.63, 3.8) is 0 Å². The molecule has 0 aliphatic heterocycles. The third-order valence-electron chi connectivity index (χ3n) is 4.20. The SMILES string of the molecule is CC(CC(=O)NCCn1c(=O)[nH]c2ccccc21)c1ccccc1. The molecule has 3 aromatic rings. The molecule has 1 atom stereocenters. The smallest absolute Gasteiger partial charge is 0.326 e. The second kappa shape index (κ2) is 7.17. The van der Waals surface area contributed by atoms with Crippen molar-refractivity contribution >= 4 is 16.9 Å². The van der Waals surface area contributed by atoms with E-state index in [0.29, 0.717) is 19.5 Å². The van der Waals surface area contributed by atoms with Crippen LogP contribution in [-0.4, -0.2) is 22.0 Å². The average Bonchev–Trinajstić information content (AvgIpc) is 2.91. The van der Waals surface area contributed by atoms with Crippen LogP contribution >= 0.6 is 0 Å². The molecule has 1 amide bonds. The molecule has 2 aromatic carbocycles. The quantitative estimate of drug-likeness (QED) is 0.732. The summed E-state index contributed by atoms with van der Waals surface area (Å²) in [6, 6.07) is 17.5. The molecule has 0 saturated carbocycles. The number of fused-ring (bicyclic) bond motifs is 1. The second-order valence-corrected chi connectivity index (χ2v) is 5.96. The lowest BCUT2D eigenvalue weighted by Crippen LogP contribution is -2.30. The van der Waals surface area contributed by atoms with Gasteiger partial charge in [-0.25, -0.2) is 4.79 Å². The molecule has 124 valence electrons. The molecule has 5 nitrogen and oxygen atoms in total. The topological polar surface area (TPSA) is 66.9 Å². The number of rotatable bonds is 6. The number of H-pyrrole nitrogens is 1. The van der Waals surface area contributed by atoms with E-state index in [9.17, 15) is 9.59 Å². The molecule has 0 spiro atoms. The van der Waals surface area contributed by atoms with Crippen LogP contribution in [0, 0.1) is 0 Å². The van der Waals surface area contributed by atoms with Gasteiger partial charge in [0.15, 0.2) is 0 Å². The summed E-state index contributed by atoms with van der Waals surface area (Å²) in [5, 5.41) is 2.90. The highest BCUT2D eigenvalue weighted by molar-refractivity contribution is 5.77. The maximum atomic E-state index is 12.1. The normalized spacial score (nSPS) is 12.2. The number of imidazole rings is 1. The number of hydrogen-bond donors (Lipinski definition) is 2. The molecule has 0 fully saturated rings. The van der Waals surface area contributed by atoms with Crippen LogP contribution in [0.4, 0.5) is 0 Å². The van der Waals surface area contributed by atoms with Crippen molar-refractivity contribution in [3.8, 4) is 0 Å². The van der Waals surface area contributed by atoms with Gasteiger partial charge in [-0.2, -0.15) is 0 Å². The van der Waals surface area contributed by atoms with Crippen molar-refractivity contribution in [1.82, 2.24) is 14.9 Å². The molecule has 0 aliphatic carbocycles. The summed E-state index contributed by atoms with van der Waals surface area (Å²) in [5.74, 6) is 0.168. The molecular weight excluding hydrogens is 302 g/mol. The van der Waals surface area contributed by atoms with E-state index in [2.05, 4.69) is 10.3 Å². The maximum Gasteiger partial charge on any atom is 0.326 e. The Balaban J connectivity index is 1.55. The monoisotopic (exact) mass is 323 g/mol. The van der Waals surface area contributed by atoms with Crippen LogP contribution in [0.3, 0.4) is 0 Å². The van der Waals surface area contributed by atoms with Gasteiger partial charge in [0, 0.05) is 19.5 Å². The number of nitrogens with one attached hydrogen (secondary N) is 2. The molecule has 0 aliphatic rings. The number of carbonyl (C=O) groups excluding carboxylic acids is 1. The summed E-state index contributed by atoms with van der Waals surface area (Å²) < 4.78 is 1.65. The van der Waals surface area contributed by atoms with Gasteiger partial charge in [0.25, 0.3) is 0 Å². The Hall–Kier alpha value is -2.82. The second-order valence-electron chi connectivity index (χ2n) is 5.96. The Morgan fingerprint density at radius 1 is 1.12 bits per heavy atom. The number of nitrogens with zero attached hydrogens (tertiary/aromatic N) is 1. The van der Waals surface area contributed by atoms with Gasteiger partial charge in [0.05, 0.1) is 11.0 Å². The van der Waals surface area contributed by atoms with Crippen LogP contribution in [-0.2, 0) is 11.3 Å². The largest absolute Gasteiger partial charge is 0.354 e. The molecular formula is C19H21N3O2. The Kier molecular flexibility index (Phi) is 4.79. The van der Waals surface area contributed by atoms with E-state index in [-0.39, 0.29) is 17.5 Å². The minimum absolute atomic E-state index is 0.000701. The van der Waals surface area contributed by atoms with Gasteiger partial charge >= 0.3 is 5.69 Å². The highest BCUT2D eigenvalue weighted by Crippen LogP contribution is 2.18. The molecule has 5 heteroatoms. The highest BCUT2D eigenvalue weighted by Gasteiger charge is 2.11. The third kappa shape index (κ3) is 3.56. The first-order chi connectivity index (χ1) is 11.6. The van der Waals surface area contributed by atoms with Gasteiger partial charge in [-0.3, -0.25) is 9.36 Å². The van der Waals surface area contributed by atoms with E-state index in [1.807, 2.05) is 61.5 Å². The van der Waals surface area contributed by atoms with E-state index >= 15 is 0 Å². The van der Waals surface area contributed by atoms with Crippen molar-refractivity contribution in [2.75, 3.05) is 6.54 Å². The van der Waals surface area contributed by atoms with E-state index in [0.717, 1.165) is 16.6 Å². The molecule has 0 saturated heterocycles. The van der Waals surface area contributed by atoms with Crippen LogP contribution in [0.2, 0.25) is 0 Å². The summed E-state index contributed by atoms with van der Waals surface area (Å²) in [6.45, 7) is 2.93. The van der Waals surface area contributed by atoms with Crippen molar-refractivity contribution in [2.45, 2.75) is 25.8 Å². The summed E-state index contributed by atoms with van der Waals surface area (Å²) in [6.07, 6.45) is 0.437. The third-order valence-corrected chi connectivity index (χ3v) is 4.20. The fraction of sp³-hybridized carbons (Fsp3) is 0.263. The number of aromatic amines is 1. The van der Waals surface area contributed by atoms with E-state index < -0.39 is 0 Å². The van der Waals surface area contributed by atoms with Crippen molar-refractivity contribution in [1.29, 1.82) is 0 Å². The first kappa shape index (κ1) is 16.1. The summed E-state index contributed by atoms with van der Waals surface area (Å²) in [4.78, 5) is 26.9. The zero-order valence-corrected chi connectivity index (χ0v) is 13.7. The fourth-order valence-electron chi connectivity index (χ4n) is 2.89. The molecule has 0 radical (unpaired) electrons. The minimum Gasteiger partial charge on any atom is -0.354 e. The molecule has 1 aromatic heterocycles. The maximum absolute atomic E-state index is 12.1. The van der Waals surface area contributed by atoms with Crippen LogP contribution in [0.5, 0.6) is 0 Å². The van der Waals surface area contributed by atoms with Gasteiger partial charge in [-0.1, -0.05) is 49.4 Å². The molecule has 2 N–H and O–H groups in total. The van der Waals surface area contributed by atoms with Crippen molar-refractivity contribution in [3.05, 3.63) is 70.6 Å². The van der Waals surface area contributed by atoms with Crippen molar-refractivity contribution < 1.29 is 4.79 Å². The van der Waals surface area contributed by atoms with Gasteiger partial charge in [-0.05, 0) is 23.6 Å². The predicted molar refractivity (Wildman–Crippen MR) is 95.0 cm³/mol. The van der Waals surface area contributed by atoms with Gasteiger partial charge in [-0.15, -0.1) is 0 Å². The van der Waals surface area contributed by atoms with Crippen LogP contribution in [0.25, 0.3) is 11.0 Å².